The van der Waals surface area contributed by atoms with E-state index < -0.39 is 17.8 Å². The molecule has 5 nitrogen and oxygen atoms in total. The van der Waals surface area contributed by atoms with E-state index >= 15 is 0 Å². The van der Waals surface area contributed by atoms with E-state index in [9.17, 15) is 14.0 Å². The molecule has 112 valence electrons. The van der Waals surface area contributed by atoms with Crippen LogP contribution in [0.4, 0.5) is 14.9 Å². The summed E-state index contributed by atoms with van der Waals surface area (Å²) in [4.78, 5) is 22.8. The number of carbonyl (C=O) groups is 2. The zero-order chi connectivity index (χ0) is 15.0. The fourth-order valence-electron chi connectivity index (χ4n) is 3.50. The van der Waals surface area contributed by atoms with Crippen LogP contribution in [0, 0.1) is 17.7 Å². The summed E-state index contributed by atoms with van der Waals surface area (Å²) in [5.74, 6) is -0.585. The number of carboxylic acid groups (broad SMARTS) is 1. The molecule has 2 bridgehead atoms. The van der Waals surface area contributed by atoms with Crippen molar-refractivity contribution in [1.82, 2.24) is 5.32 Å². The zero-order valence-electron chi connectivity index (χ0n) is 11.4. The molecule has 2 saturated carbocycles. The van der Waals surface area contributed by atoms with Crippen molar-refractivity contribution in [2.24, 2.45) is 11.8 Å². The lowest BCUT2D eigenvalue weighted by atomic mass is 9.95. The molecular formula is C15H17FN2O3. The zero-order valence-corrected chi connectivity index (χ0v) is 11.4. The number of halogens is 1. The Balaban J connectivity index is 1.64. The topological polar surface area (TPSA) is 78.4 Å². The Kier molecular flexibility index (Phi) is 3.53. The van der Waals surface area contributed by atoms with Crippen LogP contribution in [-0.4, -0.2) is 23.1 Å². The molecule has 1 aromatic carbocycles. The Labute approximate surface area is 121 Å². The largest absolute Gasteiger partial charge is 0.478 e. The normalized spacial score (nSPS) is 26.6. The van der Waals surface area contributed by atoms with Crippen LogP contribution in [0.3, 0.4) is 0 Å². The maximum atomic E-state index is 13.6. The van der Waals surface area contributed by atoms with Crippen LogP contribution in [0.15, 0.2) is 18.2 Å². The fourth-order valence-corrected chi connectivity index (χ4v) is 3.50. The number of benzene rings is 1. The second kappa shape index (κ2) is 5.35. The quantitative estimate of drug-likeness (QED) is 0.801. The van der Waals surface area contributed by atoms with Crippen molar-refractivity contribution in [2.75, 3.05) is 5.32 Å². The second-order valence-corrected chi connectivity index (χ2v) is 5.88. The van der Waals surface area contributed by atoms with Crippen LogP contribution in [0.25, 0.3) is 0 Å². The lowest BCUT2D eigenvalue weighted by molar-refractivity contribution is 0.0697. The van der Waals surface area contributed by atoms with Crippen molar-refractivity contribution < 1.29 is 19.1 Å². The Morgan fingerprint density at radius 1 is 1.24 bits per heavy atom. The number of rotatable bonds is 3. The number of carboxylic acids is 1. The molecule has 3 unspecified atom stereocenters. The van der Waals surface area contributed by atoms with Gasteiger partial charge in [-0.3, -0.25) is 0 Å². The highest BCUT2D eigenvalue weighted by molar-refractivity contribution is 5.93. The number of nitrogens with one attached hydrogen (secondary N) is 2. The number of anilines is 1. The molecule has 0 heterocycles. The highest BCUT2D eigenvalue weighted by Gasteiger charge is 2.40. The van der Waals surface area contributed by atoms with Gasteiger partial charge in [-0.15, -0.1) is 0 Å². The van der Waals surface area contributed by atoms with E-state index in [1.807, 2.05) is 0 Å². The molecule has 0 radical (unpaired) electrons. The Bertz CT molecular complexity index is 590. The smallest absolute Gasteiger partial charge is 0.335 e. The first-order valence-corrected chi connectivity index (χ1v) is 7.13. The van der Waals surface area contributed by atoms with Gasteiger partial charge < -0.3 is 15.7 Å². The number of urea groups is 1. The van der Waals surface area contributed by atoms with Crippen molar-refractivity contribution in [2.45, 2.75) is 31.7 Å². The minimum Gasteiger partial charge on any atom is -0.478 e. The second-order valence-electron chi connectivity index (χ2n) is 5.88. The van der Waals surface area contributed by atoms with Crippen LogP contribution in [0.1, 0.15) is 36.0 Å². The van der Waals surface area contributed by atoms with Gasteiger partial charge in [0.25, 0.3) is 0 Å². The molecule has 0 saturated heterocycles. The molecule has 2 amide bonds. The van der Waals surface area contributed by atoms with Gasteiger partial charge in [-0.1, -0.05) is 6.42 Å². The summed E-state index contributed by atoms with van der Waals surface area (Å²) in [6.45, 7) is 0. The molecule has 3 atom stereocenters. The summed E-state index contributed by atoms with van der Waals surface area (Å²) in [7, 11) is 0. The summed E-state index contributed by atoms with van der Waals surface area (Å²) in [6, 6.07) is 2.99. The van der Waals surface area contributed by atoms with E-state index in [0.29, 0.717) is 11.8 Å². The maximum absolute atomic E-state index is 13.6. The predicted octanol–water partition coefficient (Wildman–Crippen LogP) is 2.83. The van der Waals surface area contributed by atoms with Crippen LogP contribution in [-0.2, 0) is 0 Å². The molecule has 21 heavy (non-hydrogen) atoms. The summed E-state index contributed by atoms with van der Waals surface area (Å²) in [5, 5.41) is 14.2. The molecule has 3 N–H and O–H groups in total. The summed E-state index contributed by atoms with van der Waals surface area (Å²) in [6.07, 6.45) is 4.52. The average Bonchev–Trinajstić information content (AvgIpc) is 3.03. The first kappa shape index (κ1) is 13.9. The van der Waals surface area contributed by atoms with Gasteiger partial charge >= 0.3 is 12.0 Å². The lowest BCUT2D eigenvalue weighted by Crippen LogP contribution is -2.41. The van der Waals surface area contributed by atoms with Gasteiger partial charge in [-0.2, -0.15) is 0 Å². The van der Waals surface area contributed by atoms with Gasteiger partial charge in [-0.05, 0) is 49.3 Å². The Hall–Kier alpha value is -2.11. The van der Waals surface area contributed by atoms with Crippen molar-refractivity contribution in [3.8, 4) is 0 Å². The van der Waals surface area contributed by atoms with Crippen LogP contribution in [0.5, 0.6) is 0 Å². The summed E-state index contributed by atoms with van der Waals surface area (Å²) >= 11 is 0. The predicted molar refractivity (Wildman–Crippen MR) is 74.7 cm³/mol. The minimum atomic E-state index is -1.16. The summed E-state index contributed by atoms with van der Waals surface area (Å²) < 4.78 is 13.6. The highest BCUT2D eigenvalue weighted by atomic mass is 19.1. The molecule has 6 heteroatoms. The van der Waals surface area contributed by atoms with Gasteiger partial charge in [0, 0.05) is 6.04 Å². The molecule has 2 aliphatic carbocycles. The Morgan fingerprint density at radius 2 is 2.05 bits per heavy atom. The van der Waals surface area contributed by atoms with Crippen LogP contribution in [0.2, 0.25) is 0 Å². The number of hydrogen-bond donors (Lipinski definition) is 3. The first-order chi connectivity index (χ1) is 10.0. The molecule has 0 aromatic heterocycles. The molecule has 3 rings (SSSR count). The van der Waals surface area contributed by atoms with Gasteiger partial charge in [0.15, 0.2) is 0 Å². The number of amides is 2. The third kappa shape index (κ3) is 2.84. The highest BCUT2D eigenvalue weighted by Crippen LogP contribution is 2.44. The average molecular weight is 292 g/mol. The SMILES string of the molecule is O=C(Nc1cc(C(=O)O)ccc1F)NC1CC2CCC1C2. The van der Waals surface area contributed by atoms with E-state index in [-0.39, 0.29) is 17.3 Å². The van der Waals surface area contributed by atoms with E-state index in [0.717, 1.165) is 37.5 Å². The molecule has 0 aliphatic heterocycles. The van der Waals surface area contributed by atoms with E-state index in [1.54, 1.807) is 0 Å². The first-order valence-electron chi connectivity index (χ1n) is 7.13. The molecular weight excluding hydrogens is 275 g/mol. The monoisotopic (exact) mass is 292 g/mol. The van der Waals surface area contributed by atoms with Crippen molar-refractivity contribution in [3.05, 3.63) is 29.6 Å². The van der Waals surface area contributed by atoms with E-state index in [4.69, 9.17) is 5.11 Å². The number of fused-ring (bicyclic) bond motifs is 2. The molecule has 0 spiro atoms. The maximum Gasteiger partial charge on any atom is 0.335 e. The molecule has 2 aliphatic rings. The Morgan fingerprint density at radius 3 is 2.67 bits per heavy atom. The number of hydrogen-bond acceptors (Lipinski definition) is 2. The van der Waals surface area contributed by atoms with Crippen molar-refractivity contribution in [1.29, 1.82) is 0 Å². The van der Waals surface area contributed by atoms with Crippen molar-refractivity contribution >= 4 is 17.7 Å². The van der Waals surface area contributed by atoms with Gasteiger partial charge in [0.2, 0.25) is 0 Å². The van der Waals surface area contributed by atoms with E-state index in [2.05, 4.69) is 10.6 Å². The van der Waals surface area contributed by atoms with Gasteiger partial charge in [0.05, 0.1) is 11.3 Å². The molecule has 1 aromatic rings. The minimum absolute atomic E-state index is 0.0633. The van der Waals surface area contributed by atoms with Gasteiger partial charge in [-0.25, -0.2) is 14.0 Å². The van der Waals surface area contributed by atoms with Crippen molar-refractivity contribution in [3.63, 3.8) is 0 Å². The standard InChI is InChI=1S/C15H17FN2O3/c16-11-4-3-10(14(19)20)7-13(11)18-15(21)17-12-6-8-1-2-9(12)5-8/h3-4,7-9,12H,1-2,5-6H2,(H,19,20)(H2,17,18,21). The van der Waals surface area contributed by atoms with E-state index in [1.165, 1.54) is 6.42 Å². The van der Waals surface area contributed by atoms with Crippen LogP contribution >= 0.6 is 0 Å². The third-order valence-corrected chi connectivity index (χ3v) is 4.52. The molecule has 2 fully saturated rings. The number of carbonyl (C=O) groups excluding carboxylic acids is 1. The van der Waals surface area contributed by atoms with Crippen LogP contribution < -0.4 is 10.6 Å². The third-order valence-electron chi connectivity index (χ3n) is 4.52. The summed E-state index contributed by atoms with van der Waals surface area (Å²) in [5.41, 5.74) is -0.179. The number of aromatic carboxylic acids is 1. The van der Waals surface area contributed by atoms with Gasteiger partial charge in [0.1, 0.15) is 5.82 Å². The lowest BCUT2D eigenvalue weighted by Gasteiger charge is -2.23. The fraction of sp³-hybridized carbons (Fsp3) is 0.467.